The fourth-order valence-corrected chi connectivity index (χ4v) is 4.76. The molecule has 1 heterocycles. The molecule has 0 aliphatic heterocycles. The van der Waals surface area contributed by atoms with E-state index in [2.05, 4.69) is 16.7 Å². The first-order valence-electron chi connectivity index (χ1n) is 9.97. The molecule has 0 fully saturated rings. The van der Waals surface area contributed by atoms with Crippen LogP contribution in [-0.2, 0) is 21.3 Å². The molecule has 7 heteroatoms. The second-order valence-corrected chi connectivity index (χ2v) is 9.51. The van der Waals surface area contributed by atoms with Crippen molar-refractivity contribution >= 4 is 31.8 Å². The highest BCUT2D eigenvalue weighted by atomic mass is 32.2. The maximum Gasteiger partial charge on any atom is 0.211 e. The third-order valence-electron chi connectivity index (χ3n) is 5.31. The third kappa shape index (κ3) is 4.98. The third-order valence-corrected chi connectivity index (χ3v) is 6.54. The molecule has 1 N–H and O–H groups in total. The number of aromatic nitrogens is 1. The van der Waals surface area contributed by atoms with Crippen molar-refractivity contribution in [2.75, 3.05) is 26.5 Å². The van der Waals surface area contributed by atoms with Crippen LogP contribution in [-0.4, -0.2) is 61.1 Å². The minimum Gasteiger partial charge on any atom is -0.390 e. The lowest BCUT2D eigenvalue weighted by molar-refractivity contribution is 0.0623. The van der Waals surface area contributed by atoms with Crippen LogP contribution in [0.3, 0.4) is 0 Å². The molecule has 1 aromatic heterocycles. The Morgan fingerprint density at radius 1 is 1.03 bits per heavy atom. The van der Waals surface area contributed by atoms with Crippen molar-refractivity contribution in [2.45, 2.75) is 38.5 Å². The number of hydrogen-bond acceptors (Lipinski definition) is 4. The van der Waals surface area contributed by atoms with E-state index in [1.807, 2.05) is 43.3 Å². The van der Waals surface area contributed by atoms with Gasteiger partial charge in [0.2, 0.25) is 10.0 Å². The van der Waals surface area contributed by atoms with Gasteiger partial charge in [0.1, 0.15) is 0 Å². The minimum absolute atomic E-state index is 0.0310. The summed E-state index contributed by atoms with van der Waals surface area (Å²) >= 11 is 0. The van der Waals surface area contributed by atoms with Crippen LogP contribution in [0, 0.1) is 0 Å². The Kier molecular flexibility index (Phi) is 6.95. The summed E-state index contributed by atoms with van der Waals surface area (Å²) < 4.78 is 33.4. The Bertz CT molecular complexity index is 1010. The van der Waals surface area contributed by atoms with E-state index in [0.717, 1.165) is 34.6 Å². The van der Waals surface area contributed by atoms with E-state index < -0.39 is 16.1 Å². The van der Waals surface area contributed by atoms with Crippen molar-refractivity contribution in [3.63, 3.8) is 0 Å². The van der Waals surface area contributed by atoms with Gasteiger partial charge >= 0.3 is 0 Å². The molecule has 0 amide bonds. The number of benzene rings is 2. The highest BCUT2D eigenvalue weighted by molar-refractivity contribution is 7.88. The van der Waals surface area contributed by atoms with Crippen LogP contribution in [0.15, 0.2) is 48.5 Å². The number of sulfonamides is 1. The Morgan fingerprint density at radius 3 is 2.07 bits per heavy atom. The van der Waals surface area contributed by atoms with Gasteiger partial charge in [0.15, 0.2) is 0 Å². The average Bonchev–Trinajstić information content (AvgIpc) is 3.00. The van der Waals surface area contributed by atoms with Crippen LogP contribution in [0.2, 0.25) is 0 Å². The van der Waals surface area contributed by atoms with E-state index in [1.54, 1.807) is 7.11 Å². The maximum absolute atomic E-state index is 12.3. The van der Waals surface area contributed by atoms with Gasteiger partial charge in [-0.2, -0.15) is 4.31 Å². The molecule has 2 aromatic carbocycles. The van der Waals surface area contributed by atoms with E-state index in [4.69, 9.17) is 4.74 Å². The minimum atomic E-state index is -3.46. The molecular formula is C22H30N2O4S. The van der Waals surface area contributed by atoms with E-state index >= 15 is 0 Å². The lowest BCUT2D eigenvalue weighted by atomic mass is 10.2. The quantitative estimate of drug-likeness (QED) is 0.549. The predicted molar refractivity (Wildman–Crippen MR) is 118 cm³/mol. The fraction of sp³-hybridized carbons (Fsp3) is 0.455. The molecule has 0 aliphatic rings. The largest absolute Gasteiger partial charge is 0.390 e. The van der Waals surface area contributed by atoms with Gasteiger partial charge in [-0.25, -0.2) is 8.42 Å². The number of hydrogen-bond donors (Lipinski definition) is 1. The molecule has 3 rings (SSSR count). The first-order valence-corrected chi connectivity index (χ1v) is 11.8. The Morgan fingerprint density at radius 2 is 1.59 bits per heavy atom. The molecule has 3 aromatic rings. The highest BCUT2D eigenvalue weighted by Gasteiger charge is 2.25. The second-order valence-electron chi connectivity index (χ2n) is 7.53. The van der Waals surface area contributed by atoms with Gasteiger partial charge in [0.25, 0.3) is 0 Å². The zero-order chi connectivity index (χ0) is 21.0. The molecule has 0 radical (unpaired) electrons. The molecule has 0 saturated carbocycles. The van der Waals surface area contributed by atoms with Crippen molar-refractivity contribution < 1.29 is 18.3 Å². The number of aliphatic hydroxyl groups excluding tert-OH is 1. The van der Waals surface area contributed by atoms with Gasteiger partial charge in [0, 0.05) is 42.0 Å². The number of para-hydroxylation sites is 2. The highest BCUT2D eigenvalue weighted by Crippen LogP contribution is 2.29. The van der Waals surface area contributed by atoms with Crippen molar-refractivity contribution in [1.82, 2.24) is 8.87 Å². The van der Waals surface area contributed by atoms with Crippen molar-refractivity contribution in [2.24, 2.45) is 0 Å². The van der Waals surface area contributed by atoms with Crippen LogP contribution >= 0.6 is 0 Å². The molecule has 6 nitrogen and oxygen atoms in total. The summed E-state index contributed by atoms with van der Waals surface area (Å²) in [5.74, 6) is 0. The molecule has 29 heavy (non-hydrogen) atoms. The SMILES string of the molecule is CCCC(CN(CC(O)Cn1c2ccccc2c2ccccc21)S(C)(=O)=O)OC. The summed E-state index contributed by atoms with van der Waals surface area (Å²) in [7, 11) is -1.87. The van der Waals surface area contributed by atoms with E-state index in [9.17, 15) is 13.5 Å². The molecule has 158 valence electrons. The number of aliphatic hydroxyl groups is 1. The summed E-state index contributed by atoms with van der Waals surface area (Å²) in [5, 5.41) is 13.1. The van der Waals surface area contributed by atoms with Crippen LogP contribution in [0.5, 0.6) is 0 Å². The zero-order valence-corrected chi connectivity index (χ0v) is 18.1. The summed E-state index contributed by atoms with van der Waals surface area (Å²) in [6, 6.07) is 16.1. The van der Waals surface area contributed by atoms with Crippen LogP contribution in [0.4, 0.5) is 0 Å². The topological polar surface area (TPSA) is 71.8 Å². The Labute approximate surface area is 172 Å². The van der Waals surface area contributed by atoms with Gasteiger partial charge in [-0.15, -0.1) is 0 Å². The summed E-state index contributed by atoms with van der Waals surface area (Å²) in [6.07, 6.45) is 1.82. The van der Waals surface area contributed by atoms with E-state index in [1.165, 1.54) is 10.6 Å². The smallest absolute Gasteiger partial charge is 0.211 e. The maximum atomic E-state index is 12.3. The summed E-state index contributed by atoms with van der Waals surface area (Å²) in [6.45, 7) is 2.62. The standard InChI is InChI=1S/C22H30N2O4S/c1-4-9-18(28-2)16-23(29(3,26)27)14-17(25)15-24-21-12-7-5-10-19(21)20-11-6-8-13-22(20)24/h5-8,10-13,17-18,25H,4,9,14-16H2,1-3H3. The van der Waals surface area contributed by atoms with Crippen LogP contribution in [0.1, 0.15) is 19.8 Å². The summed E-state index contributed by atoms with van der Waals surface area (Å²) in [5.41, 5.74) is 2.05. The van der Waals surface area contributed by atoms with Gasteiger partial charge in [-0.1, -0.05) is 49.7 Å². The van der Waals surface area contributed by atoms with Crippen molar-refractivity contribution in [3.05, 3.63) is 48.5 Å². The molecule has 0 saturated heterocycles. The number of ether oxygens (including phenoxy) is 1. The average molecular weight is 419 g/mol. The van der Waals surface area contributed by atoms with E-state index in [0.29, 0.717) is 6.54 Å². The van der Waals surface area contributed by atoms with E-state index in [-0.39, 0.29) is 19.2 Å². The molecule has 0 aliphatic carbocycles. The van der Waals surface area contributed by atoms with Gasteiger partial charge in [-0.3, -0.25) is 0 Å². The molecule has 2 atom stereocenters. The Balaban J connectivity index is 1.86. The molecular weight excluding hydrogens is 388 g/mol. The number of rotatable bonds is 10. The number of fused-ring (bicyclic) bond motifs is 3. The summed E-state index contributed by atoms with van der Waals surface area (Å²) in [4.78, 5) is 0. The lowest BCUT2D eigenvalue weighted by Gasteiger charge is -2.27. The van der Waals surface area contributed by atoms with Crippen molar-refractivity contribution in [1.29, 1.82) is 0 Å². The number of methoxy groups -OCH3 is 1. The molecule has 2 unspecified atom stereocenters. The molecule has 0 bridgehead atoms. The lowest BCUT2D eigenvalue weighted by Crippen LogP contribution is -2.43. The van der Waals surface area contributed by atoms with Gasteiger partial charge in [0.05, 0.1) is 25.0 Å². The predicted octanol–water partition coefficient (Wildman–Crippen LogP) is 3.23. The van der Waals surface area contributed by atoms with Gasteiger partial charge in [-0.05, 0) is 18.6 Å². The number of nitrogens with zero attached hydrogens (tertiary/aromatic N) is 2. The zero-order valence-electron chi connectivity index (χ0n) is 17.3. The first kappa shape index (κ1) is 21.8. The van der Waals surface area contributed by atoms with Crippen LogP contribution in [0.25, 0.3) is 21.8 Å². The van der Waals surface area contributed by atoms with Crippen LogP contribution < -0.4 is 0 Å². The normalized spacial score (nSPS) is 14.7. The van der Waals surface area contributed by atoms with Gasteiger partial charge < -0.3 is 14.4 Å². The second kappa shape index (κ2) is 9.26. The molecule has 0 spiro atoms. The monoisotopic (exact) mass is 418 g/mol. The Hall–Kier alpha value is -1.93. The first-order chi connectivity index (χ1) is 13.8. The fourth-order valence-electron chi connectivity index (χ4n) is 3.88. The van der Waals surface area contributed by atoms with Crippen molar-refractivity contribution in [3.8, 4) is 0 Å².